The van der Waals surface area contributed by atoms with Crippen molar-refractivity contribution in [3.05, 3.63) is 95.2 Å². The van der Waals surface area contributed by atoms with Crippen LogP contribution in [-0.4, -0.2) is 123 Å². The number of carboxylic acid groups (broad SMARTS) is 2. The highest BCUT2D eigenvalue weighted by molar-refractivity contribution is 5.95. The second kappa shape index (κ2) is 24.0. The third-order valence-electron chi connectivity index (χ3n) is 14.7. The number of rotatable bonds is 21. The lowest BCUT2D eigenvalue weighted by Crippen LogP contribution is -2.48. The maximum absolute atomic E-state index is 13.3. The Labute approximate surface area is 400 Å². The fraction of sp³-hybridized carbons (Fsp3) is 0.566. The molecule has 1 amide bonds. The van der Waals surface area contributed by atoms with Gasteiger partial charge in [-0.1, -0.05) is 60.7 Å². The van der Waals surface area contributed by atoms with Crippen LogP contribution in [0.3, 0.4) is 0 Å². The Morgan fingerprint density at radius 1 is 0.735 bits per heavy atom. The zero-order chi connectivity index (χ0) is 47.4. The van der Waals surface area contributed by atoms with Crippen molar-refractivity contribution in [2.24, 2.45) is 22.7 Å². The van der Waals surface area contributed by atoms with Crippen molar-refractivity contribution < 1.29 is 34.8 Å². The van der Waals surface area contributed by atoms with Gasteiger partial charge < -0.3 is 35.5 Å². The number of fused-ring (bicyclic) bond motifs is 2. The van der Waals surface area contributed by atoms with Gasteiger partial charge in [-0.25, -0.2) is 4.98 Å². The number of pyridine rings is 1. The van der Waals surface area contributed by atoms with Crippen LogP contribution in [0.25, 0.3) is 11.1 Å². The average molecular weight is 933 g/mol. The minimum absolute atomic E-state index is 0.0172. The number of aryl methyl sites for hydroxylation is 2. The van der Waals surface area contributed by atoms with Crippen molar-refractivity contribution in [3.63, 3.8) is 0 Å². The van der Waals surface area contributed by atoms with Crippen molar-refractivity contribution in [2.75, 3.05) is 51.1 Å². The number of anilines is 1. The topological polar surface area (TPSA) is 212 Å². The molecule has 5 aliphatic heterocycles. The van der Waals surface area contributed by atoms with Gasteiger partial charge in [0.15, 0.2) is 0 Å². The Hall–Kier alpha value is -5.03. The number of hydrogen-bond donors (Lipinski definition) is 8. The molecule has 15 heteroatoms. The molecule has 8 rings (SSSR count). The Morgan fingerprint density at radius 2 is 1.40 bits per heavy atom. The van der Waals surface area contributed by atoms with Gasteiger partial charge in [0.1, 0.15) is 24.4 Å². The van der Waals surface area contributed by atoms with Crippen molar-refractivity contribution in [1.29, 1.82) is 0 Å². The van der Waals surface area contributed by atoms with Crippen LogP contribution in [0.5, 0.6) is 0 Å². The Balaban J connectivity index is 0.815. The number of amides is 1. The molecule has 15 nitrogen and oxygen atoms in total. The summed E-state index contributed by atoms with van der Waals surface area (Å²) < 4.78 is 0. The van der Waals surface area contributed by atoms with E-state index in [4.69, 9.17) is 9.98 Å². The van der Waals surface area contributed by atoms with Crippen molar-refractivity contribution >= 4 is 29.4 Å². The molecule has 3 aromatic rings. The zero-order valence-electron chi connectivity index (χ0n) is 39.4. The molecule has 0 saturated carbocycles. The molecule has 3 fully saturated rings. The van der Waals surface area contributed by atoms with Gasteiger partial charge in [0.25, 0.3) is 0 Å². The molecule has 366 valence electrons. The van der Waals surface area contributed by atoms with Crippen LogP contribution < -0.4 is 21.3 Å². The second-order valence-electron chi connectivity index (χ2n) is 19.7. The summed E-state index contributed by atoms with van der Waals surface area (Å²) in [7, 11) is 0. The molecule has 1 aromatic heterocycles. The summed E-state index contributed by atoms with van der Waals surface area (Å²) in [6.07, 6.45) is 14.3. The smallest absolute Gasteiger partial charge is 0.305 e. The van der Waals surface area contributed by atoms with Gasteiger partial charge in [-0.15, -0.1) is 0 Å². The number of benzene rings is 2. The van der Waals surface area contributed by atoms with E-state index in [0.717, 1.165) is 112 Å². The SMILES string of the molecule is O=C(O)C[C@H](NC(O)[C@H]1CCCN(CCCCC2=NC3NCCCC3C=C2)C1)c1ccc(-c2ccc([C@H](CC(=O)O)NC(O)[C@H]3CCCN(C(=O)CCc4ccc5c(n4)NCCC5)C3)cc2)cc1. The maximum atomic E-state index is 13.3. The van der Waals surface area contributed by atoms with E-state index in [2.05, 4.69) is 44.4 Å². The molecule has 4 unspecified atom stereocenters. The summed E-state index contributed by atoms with van der Waals surface area (Å²) in [5.74, 6) is -0.767. The number of carbonyl (C=O) groups excluding carboxylic acids is 1. The van der Waals surface area contributed by atoms with Crippen LogP contribution in [-0.2, 0) is 27.2 Å². The first-order valence-electron chi connectivity index (χ1n) is 25.3. The molecule has 3 saturated heterocycles. The Morgan fingerprint density at radius 3 is 2.07 bits per heavy atom. The summed E-state index contributed by atoms with van der Waals surface area (Å²) in [4.78, 5) is 51.3. The van der Waals surface area contributed by atoms with E-state index in [-0.39, 0.29) is 36.8 Å². The third kappa shape index (κ3) is 13.6. The first-order chi connectivity index (χ1) is 33.0. The summed E-state index contributed by atoms with van der Waals surface area (Å²) in [6, 6.07) is 18.1. The molecule has 0 bridgehead atoms. The highest BCUT2D eigenvalue weighted by Crippen LogP contribution is 2.30. The minimum Gasteiger partial charge on any atom is -0.481 e. The summed E-state index contributed by atoms with van der Waals surface area (Å²) >= 11 is 0. The van der Waals surface area contributed by atoms with Crippen LogP contribution in [0.2, 0.25) is 0 Å². The highest BCUT2D eigenvalue weighted by atomic mass is 16.4. The number of carboxylic acids is 2. The number of hydrogen-bond acceptors (Lipinski definition) is 12. The largest absolute Gasteiger partial charge is 0.481 e. The van der Waals surface area contributed by atoms with Gasteiger partial charge in [-0.05, 0) is 137 Å². The number of dihydropyridines is 1. The quantitative estimate of drug-likeness (QED) is 0.0453. The molecule has 2 aromatic carbocycles. The first kappa shape index (κ1) is 49.4. The van der Waals surface area contributed by atoms with Gasteiger partial charge in [-0.2, -0.15) is 0 Å². The maximum Gasteiger partial charge on any atom is 0.305 e. The van der Waals surface area contributed by atoms with E-state index in [1.807, 2.05) is 59.5 Å². The lowest BCUT2D eigenvalue weighted by atomic mass is 9.92. The lowest BCUT2D eigenvalue weighted by molar-refractivity contribution is -0.139. The molecule has 8 N–H and O–H groups in total. The fourth-order valence-electron chi connectivity index (χ4n) is 10.8. The Bertz CT molecular complexity index is 2220. The molecular formula is C53H72N8O7. The number of aromatic nitrogens is 1. The van der Waals surface area contributed by atoms with Gasteiger partial charge in [0.05, 0.1) is 12.8 Å². The van der Waals surface area contributed by atoms with Crippen LogP contribution in [0.1, 0.15) is 118 Å². The number of aliphatic carboxylic acids is 2. The standard InChI is InChI=1S/C53H72N8O7/c62-47(25-24-44-23-21-40-8-4-27-55-51(40)57-44)61-30-6-10-42(34-61)53(68)59-46(32-49(65)66)38-18-14-36(15-19-38)35-12-16-37(17-13-35)45(31-48(63)64)58-52(67)41-9-5-29-60(33-41)28-2-1-11-43-22-20-39-7-3-26-54-50(39)56-43/h12-23,39,41-42,45-46,50,52-54,58-59,67-68H,1-11,24-34H2,(H,55,57)(H,63,64)(H,65,66)/t39?,41-,42-,45-,46-,50?,52?,53?/m0/s1. The zero-order valence-corrected chi connectivity index (χ0v) is 39.4. The first-order valence-corrected chi connectivity index (χ1v) is 25.3. The van der Waals surface area contributed by atoms with Gasteiger partial charge >= 0.3 is 11.9 Å². The van der Waals surface area contributed by atoms with E-state index in [9.17, 15) is 34.8 Å². The number of aliphatic hydroxyl groups excluding tert-OH is 2. The van der Waals surface area contributed by atoms with E-state index >= 15 is 0 Å². The Kier molecular flexibility index (Phi) is 17.4. The lowest BCUT2D eigenvalue weighted by Gasteiger charge is -2.36. The summed E-state index contributed by atoms with van der Waals surface area (Å²) in [5, 5.41) is 55.9. The molecule has 68 heavy (non-hydrogen) atoms. The van der Waals surface area contributed by atoms with E-state index in [0.29, 0.717) is 43.8 Å². The number of nitrogens with one attached hydrogen (secondary N) is 4. The average Bonchev–Trinajstić information content (AvgIpc) is 3.36. The van der Waals surface area contributed by atoms with Gasteiger partial charge in [0.2, 0.25) is 5.91 Å². The van der Waals surface area contributed by atoms with E-state index in [1.54, 1.807) is 0 Å². The van der Waals surface area contributed by atoms with Crippen molar-refractivity contribution in [1.82, 2.24) is 30.7 Å². The van der Waals surface area contributed by atoms with E-state index < -0.39 is 36.5 Å². The van der Waals surface area contributed by atoms with Gasteiger partial charge in [-0.3, -0.25) is 35.3 Å². The van der Waals surface area contributed by atoms with E-state index in [1.165, 1.54) is 24.1 Å². The highest BCUT2D eigenvalue weighted by Gasteiger charge is 2.32. The number of nitrogens with zero attached hydrogens (tertiary/aromatic N) is 4. The van der Waals surface area contributed by atoms with Crippen molar-refractivity contribution in [3.8, 4) is 11.1 Å². The molecular weight excluding hydrogens is 861 g/mol. The van der Waals surface area contributed by atoms with Crippen LogP contribution >= 0.6 is 0 Å². The van der Waals surface area contributed by atoms with Crippen LogP contribution in [0, 0.1) is 17.8 Å². The normalized spacial score (nSPS) is 23.6. The molecule has 6 heterocycles. The molecule has 0 radical (unpaired) electrons. The number of piperidine rings is 3. The third-order valence-corrected chi connectivity index (χ3v) is 14.7. The number of carbonyl (C=O) groups is 3. The molecule has 0 spiro atoms. The minimum atomic E-state index is -1.02. The van der Waals surface area contributed by atoms with Crippen LogP contribution in [0.4, 0.5) is 5.82 Å². The van der Waals surface area contributed by atoms with Crippen molar-refractivity contribution in [2.45, 2.75) is 127 Å². The number of likely N-dealkylation sites (tertiary alicyclic amines) is 2. The number of aliphatic hydroxyl groups is 2. The van der Waals surface area contributed by atoms with Gasteiger partial charge in [0, 0.05) is 73.8 Å². The molecule has 5 aliphatic rings. The van der Waals surface area contributed by atoms with Crippen LogP contribution in [0.15, 0.2) is 77.8 Å². The fourth-order valence-corrected chi connectivity index (χ4v) is 10.8. The number of aliphatic imine (C=N–C) groups is 1. The predicted molar refractivity (Wildman–Crippen MR) is 263 cm³/mol. The monoisotopic (exact) mass is 933 g/mol. The molecule has 8 atom stereocenters. The molecule has 0 aliphatic carbocycles. The number of unbranched alkanes of at least 4 members (excludes halogenated alkanes) is 1. The number of allylic oxidation sites excluding steroid dienone is 1. The summed E-state index contributed by atoms with van der Waals surface area (Å²) in [5.41, 5.74) is 6.54. The predicted octanol–water partition coefficient (Wildman–Crippen LogP) is 6.04. The second-order valence-corrected chi connectivity index (χ2v) is 19.7. The summed E-state index contributed by atoms with van der Waals surface area (Å²) in [6.45, 7) is 5.66.